The number of ether oxygens (including phenoxy) is 1. The second-order valence-electron chi connectivity index (χ2n) is 3.44. The van der Waals surface area contributed by atoms with Crippen LogP contribution in [-0.4, -0.2) is 54.3 Å². The van der Waals surface area contributed by atoms with E-state index >= 15 is 0 Å². The molecule has 0 spiro atoms. The third-order valence-electron chi connectivity index (χ3n) is 2.23. The molecule has 0 aromatic carbocycles. The number of rotatable bonds is 11. The molecule has 9 nitrogen and oxygen atoms in total. The zero-order valence-electron chi connectivity index (χ0n) is 9.58. The molecule has 4 atom stereocenters. The third kappa shape index (κ3) is 4.73. The van der Waals surface area contributed by atoms with Crippen molar-refractivity contribution in [2.24, 2.45) is 15.5 Å². The van der Waals surface area contributed by atoms with E-state index in [1.807, 2.05) is 0 Å². The van der Waals surface area contributed by atoms with Crippen molar-refractivity contribution >= 4 is 0 Å². The van der Waals surface area contributed by atoms with Gasteiger partial charge >= 0.3 is 0 Å². The van der Waals surface area contributed by atoms with Crippen LogP contribution >= 0.6 is 0 Å². The predicted molar refractivity (Wildman–Crippen MR) is 62.9 cm³/mol. The molecule has 0 aliphatic carbocycles. The highest BCUT2D eigenvalue weighted by atomic mass is 16.5. The summed E-state index contributed by atoms with van der Waals surface area (Å²) in [6.07, 6.45) is -0.00406. The van der Waals surface area contributed by atoms with Crippen molar-refractivity contribution in [2.75, 3.05) is 19.8 Å². The van der Waals surface area contributed by atoms with Crippen LogP contribution in [0.15, 0.2) is 28.2 Å². The van der Waals surface area contributed by atoms with Crippen LogP contribution in [0.5, 0.6) is 0 Å². The van der Waals surface area contributed by atoms with Gasteiger partial charge in [0.2, 0.25) is 0 Å². The van der Waals surface area contributed by atoms with Gasteiger partial charge < -0.3 is 14.9 Å². The lowest BCUT2D eigenvalue weighted by molar-refractivity contribution is 0.0265. The summed E-state index contributed by atoms with van der Waals surface area (Å²) in [5.41, 5.74) is 0. The second kappa shape index (κ2) is 9.45. The van der Waals surface area contributed by atoms with Crippen LogP contribution in [0.4, 0.5) is 0 Å². The summed E-state index contributed by atoms with van der Waals surface area (Å²) >= 11 is 0. The molecule has 9 heteroatoms. The van der Waals surface area contributed by atoms with Crippen molar-refractivity contribution in [2.45, 2.75) is 24.2 Å². The molecular formula is C9H15N3O6. The number of aliphatic hydroxyl groups is 2. The van der Waals surface area contributed by atoms with Gasteiger partial charge in [0.25, 0.3) is 0 Å². The van der Waals surface area contributed by atoms with Crippen molar-refractivity contribution in [1.29, 1.82) is 0 Å². The number of nitroso groups, excluding NO2 is 3. The van der Waals surface area contributed by atoms with Crippen molar-refractivity contribution in [3.63, 3.8) is 0 Å². The SMILES string of the molecule is C=CCOCC(O)C(N=O)C(N=O)C(CO)N=O. The molecule has 0 aliphatic heterocycles. The number of hydrogen-bond donors (Lipinski definition) is 2. The van der Waals surface area contributed by atoms with Gasteiger partial charge in [-0.15, -0.1) is 6.58 Å². The van der Waals surface area contributed by atoms with E-state index in [0.717, 1.165) is 0 Å². The zero-order valence-corrected chi connectivity index (χ0v) is 9.58. The highest BCUT2D eigenvalue weighted by molar-refractivity contribution is 4.95. The molecule has 0 aromatic heterocycles. The maximum Gasteiger partial charge on any atom is 0.148 e. The highest BCUT2D eigenvalue weighted by Crippen LogP contribution is 2.15. The molecule has 0 amide bonds. The Morgan fingerprint density at radius 2 is 1.78 bits per heavy atom. The fraction of sp³-hybridized carbons (Fsp3) is 0.778. The topological polar surface area (TPSA) is 138 Å². The quantitative estimate of drug-likeness (QED) is 0.303. The first kappa shape index (κ1) is 16.4. The maximum absolute atomic E-state index is 10.6. The fourth-order valence-electron chi connectivity index (χ4n) is 1.29. The first-order chi connectivity index (χ1) is 8.65. The molecule has 18 heavy (non-hydrogen) atoms. The minimum absolute atomic E-state index is 0.136. The van der Waals surface area contributed by atoms with Crippen molar-refractivity contribution in [3.8, 4) is 0 Å². The second-order valence-corrected chi connectivity index (χ2v) is 3.44. The first-order valence-electron chi connectivity index (χ1n) is 5.11. The van der Waals surface area contributed by atoms with Crippen molar-refractivity contribution in [3.05, 3.63) is 27.4 Å². The molecule has 0 heterocycles. The Morgan fingerprint density at radius 3 is 2.17 bits per heavy atom. The molecule has 102 valence electrons. The van der Waals surface area contributed by atoms with Gasteiger partial charge in [0, 0.05) is 0 Å². The summed E-state index contributed by atoms with van der Waals surface area (Å²) in [4.78, 5) is 31.5. The van der Waals surface area contributed by atoms with E-state index in [1.54, 1.807) is 0 Å². The molecule has 0 radical (unpaired) electrons. The normalized spacial score (nSPS) is 17.2. The average molecular weight is 261 g/mol. The number of aliphatic hydroxyl groups excluding tert-OH is 2. The lowest BCUT2D eigenvalue weighted by Crippen LogP contribution is -2.44. The number of hydrogen-bond acceptors (Lipinski definition) is 9. The molecule has 0 fully saturated rings. The van der Waals surface area contributed by atoms with E-state index < -0.39 is 30.8 Å². The van der Waals surface area contributed by atoms with Gasteiger partial charge in [-0.2, -0.15) is 14.7 Å². The maximum atomic E-state index is 10.6. The molecule has 2 N–H and O–H groups in total. The van der Waals surface area contributed by atoms with E-state index in [9.17, 15) is 19.8 Å². The van der Waals surface area contributed by atoms with Gasteiger partial charge in [0.15, 0.2) is 0 Å². The molecular weight excluding hydrogens is 246 g/mol. The number of nitrogens with zero attached hydrogens (tertiary/aromatic N) is 3. The third-order valence-corrected chi connectivity index (χ3v) is 2.23. The van der Waals surface area contributed by atoms with E-state index in [4.69, 9.17) is 9.84 Å². The van der Waals surface area contributed by atoms with Crippen LogP contribution in [0.1, 0.15) is 0 Å². The van der Waals surface area contributed by atoms with E-state index in [1.165, 1.54) is 6.08 Å². The van der Waals surface area contributed by atoms with E-state index in [0.29, 0.717) is 0 Å². The Hall–Kier alpha value is -1.58. The molecule has 0 rings (SSSR count). The Kier molecular flexibility index (Phi) is 8.62. The van der Waals surface area contributed by atoms with Crippen LogP contribution < -0.4 is 0 Å². The van der Waals surface area contributed by atoms with Crippen molar-refractivity contribution in [1.82, 2.24) is 0 Å². The zero-order chi connectivity index (χ0) is 14.0. The highest BCUT2D eigenvalue weighted by Gasteiger charge is 2.37. The predicted octanol–water partition coefficient (Wildman–Crippen LogP) is -0.0528. The van der Waals surface area contributed by atoms with Crippen molar-refractivity contribution < 1.29 is 14.9 Å². The first-order valence-corrected chi connectivity index (χ1v) is 5.11. The fourth-order valence-corrected chi connectivity index (χ4v) is 1.29. The lowest BCUT2D eigenvalue weighted by atomic mass is 9.98. The Balaban J connectivity index is 4.68. The van der Waals surface area contributed by atoms with Crippen LogP contribution in [0.3, 0.4) is 0 Å². The molecule has 4 unspecified atom stereocenters. The largest absolute Gasteiger partial charge is 0.394 e. The summed E-state index contributed by atoms with van der Waals surface area (Å²) in [6.45, 7) is 2.46. The Bertz CT molecular complexity index is 287. The molecule has 0 aromatic rings. The van der Waals surface area contributed by atoms with Crippen LogP contribution in [-0.2, 0) is 4.74 Å². The standard InChI is InChI=1S/C9H15N3O6/c1-2-3-18-5-7(14)9(12-17)8(11-16)6(4-13)10-15/h2,6-9,13-14H,1,3-5H2. The van der Waals surface area contributed by atoms with Crippen LogP contribution in [0.2, 0.25) is 0 Å². The Labute approximate surface area is 103 Å². The summed E-state index contributed by atoms with van der Waals surface area (Å²) < 4.78 is 4.89. The van der Waals surface area contributed by atoms with E-state index in [-0.39, 0.29) is 13.2 Å². The van der Waals surface area contributed by atoms with E-state index in [2.05, 4.69) is 22.1 Å². The van der Waals surface area contributed by atoms with Gasteiger partial charge in [0.05, 0.1) is 19.8 Å². The van der Waals surface area contributed by atoms with Gasteiger partial charge in [-0.3, -0.25) is 0 Å². The summed E-state index contributed by atoms with van der Waals surface area (Å²) in [5, 5.41) is 25.9. The van der Waals surface area contributed by atoms with Crippen LogP contribution in [0.25, 0.3) is 0 Å². The molecule has 0 saturated carbocycles. The van der Waals surface area contributed by atoms with Gasteiger partial charge in [-0.1, -0.05) is 21.6 Å². The molecule has 0 bridgehead atoms. The minimum Gasteiger partial charge on any atom is -0.394 e. The van der Waals surface area contributed by atoms with Gasteiger partial charge in [0.1, 0.15) is 24.2 Å². The summed E-state index contributed by atoms with van der Waals surface area (Å²) in [5.74, 6) is 0. The smallest absolute Gasteiger partial charge is 0.148 e. The van der Waals surface area contributed by atoms with Gasteiger partial charge in [-0.25, -0.2) is 0 Å². The lowest BCUT2D eigenvalue weighted by Gasteiger charge is -2.22. The van der Waals surface area contributed by atoms with Gasteiger partial charge in [-0.05, 0) is 0 Å². The summed E-state index contributed by atoms with van der Waals surface area (Å²) in [7, 11) is 0. The minimum atomic E-state index is -1.53. The monoisotopic (exact) mass is 261 g/mol. The van der Waals surface area contributed by atoms with Crippen LogP contribution in [0, 0.1) is 14.7 Å². The average Bonchev–Trinajstić information content (AvgIpc) is 2.39. The molecule has 0 saturated heterocycles. The Morgan fingerprint density at radius 1 is 1.17 bits per heavy atom. The summed E-state index contributed by atoms with van der Waals surface area (Å²) in [6, 6.07) is -4.48. The molecule has 0 aliphatic rings.